The summed E-state index contributed by atoms with van der Waals surface area (Å²) in [6.07, 6.45) is 1.81. The summed E-state index contributed by atoms with van der Waals surface area (Å²) in [5, 5.41) is 9.96. The van der Waals surface area contributed by atoms with Gasteiger partial charge in [-0.05, 0) is 44.2 Å². The number of phenolic OH excluding ortho intramolecular Hbond substituents is 1. The average molecular weight is 325 g/mol. The van der Waals surface area contributed by atoms with E-state index in [1.807, 2.05) is 24.4 Å². The second-order valence-electron chi connectivity index (χ2n) is 5.39. The number of hydrogen-bond donors (Lipinski definition) is 1. The van der Waals surface area contributed by atoms with Crippen molar-refractivity contribution in [3.63, 3.8) is 0 Å². The summed E-state index contributed by atoms with van der Waals surface area (Å²) in [4.78, 5) is 4.43. The number of benzene rings is 2. The van der Waals surface area contributed by atoms with Gasteiger partial charge in [0.2, 0.25) is 0 Å². The SMILES string of the molecule is Cc1cc(C=Nc2ccc(Cl)c(O)c2)c(C)n1-c1ccccc1. The normalized spacial score (nSPS) is 11.3. The van der Waals surface area contributed by atoms with Crippen molar-refractivity contribution in [1.82, 2.24) is 4.57 Å². The van der Waals surface area contributed by atoms with Crippen molar-refractivity contribution >= 4 is 23.5 Å². The summed E-state index contributed by atoms with van der Waals surface area (Å²) in [5.74, 6) is 0.0380. The van der Waals surface area contributed by atoms with Crippen molar-refractivity contribution in [2.75, 3.05) is 0 Å². The molecule has 4 heteroatoms. The van der Waals surface area contributed by atoms with E-state index < -0.39 is 0 Å². The Morgan fingerprint density at radius 1 is 1.04 bits per heavy atom. The number of hydrogen-bond acceptors (Lipinski definition) is 2. The van der Waals surface area contributed by atoms with E-state index in [0.717, 1.165) is 22.6 Å². The first-order valence-electron chi connectivity index (χ1n) is 7.33. The molecule has 3 nitrogen and oxygen atoms in total. The van der Waals surface area contributed by atoms with Crippen molar-refractivity contribution in [2.45, 2.75) is 13.8 Å². The zero-order valence-corrected chi connectivity index (χ0v) is 13.7. The third kappa shape index (κ3) is 3.15. The maximum Gasteiger partial charge on any atom is 0.136 e. The number of aromatic nitrogens is 1. The van der Waals surface area contributed by atoms with Gasteiger partial charge in [-0.25, -0.2) is 0 Å². The Labute approximate surface area is 140 Å². The van der Waals surface area contributed by atoms with Gasteiger partial charge in [-0.15, -0.1) is 0 Å². The Bertz CT molecular complexity index is 867. The summed E-state index contributed by atoms with van der Waals surface area (Å²) in [6.45, 7) is 4.14. The highest BCUT2D eigenvalue weighted by atomic mass is 35.5. The fraction of sp³-hybridized carbons (Fsp3) is 0.105. The van der Waals surface area contributed by atoms with Crippen molar-refractivity contribution in [2.24, 2.45) is 4.99 Å². The lowest BCUT2D eigenvalue weighted by molar-refractivity contribution is 0.476. The molecule has 0 radical (unpaired) electrons. The summed E-state index contributed by atoms with van der Waals surface area (Å²) in [5.41, 5.74) is 5.10. The lowest BCUT2D eigenvalue weighted by Crippen LogP contribution is -1.98. The van der Waals surface area contributed by atoms with Gasteiger partial charge in [0.05, 0.1) is 10.7 Å². The maximum atomic E-state index is 9.64. The van der Waals surface area contributed by atoms with Gasteiger partial charge < -0.3 is 9.67 Å². The quantitative estimate of drug-likeness (QED) is 0.660. The zero-order chi connectivity index (χ0) is 16.4. The molecule has 0 saturated carbocycles. The lowest BCUT2D eigenvalue weighted by Gasteiger charge is -2.08. The number of halogens is 1. The molecular weight excluding hydrogens is 308 g/mol. The standard InChI is InChI=1S/C19H17ClN2O/c1-13-10-15(12-21-16-8-9-18(20)19(23)11-16)14(2)22(13)17-6-4-3-5-7-17/h3-12,23H,1-2H3. The molecule has 0 bridgehead atoms. The first-order chi connectivity index (χ1) is 11.1. The van der Waals surface area contributed by atoms with Crippen LogP contribution in [0, 0.1) is 13.8 Å². The molecule has 23 heavy (non-hydrogen) atoms. The zero-order valence-electron chi connectivity index (χ0n) is 13.0. The molecule has 0 amide bonds. The van der Waals surface area contributed by atoms with Gasteiger partial charge in [-0.1, -0.05) is 29.8 Å². The molecule has 3 rings (SSSR count). The van der Waals surface area contributed by atoms with Crippen molar-refractivity contribution in [3.05, 3.63) is 76.6 Å². The van der Waals surface area contributed by atoms with Gasteiger partial charge in [0, 0.05) is 34.9 Å². The highest BCUT2D eigenvalue weighted by molar-refractivity contribution is 6.32. The second kappa shape index (κ2) is 6.31. The number of aryl methyl sites for hydroxylation is 1. The smallest absolute Gasteiger partial charge is 0.136 e. The summed E-state index contributed by atoms with van der Waals surface area (Å²) < 4.78 is 2.20. The minimum atomic E-state index is 0.0380. The van der Waals surface area contributed by atoms with E-state index >= 15 is 0 Å². The van der Waals surface area contributed by atoms with Crippen LogP contribution < -0.4 is 0 Å². The number of phenols is 1. The van der Waals surface area contributed by atoms with Gasteiger partial charge in [-0.2, -0.15) is 0 Å². The summed E-state index contributed by atoms with van der Waals surface area (Å²) >= 11 is 5.81. The van der Waals surface area contributed by atoms with Crippen LogP contribution in [0.1, 0.15) is 17.0 Å². The maximum absolute atomic E-state index is 9.64. The molecule has 0 aliphatic rings. The van der Waals surface area contributed by atoms with Gasteiger partial charge >= 0.3 is 0 Å². The highest BCUT2D eigenvalue weighted by Gasteiger charge is 2.09. The molecule has 0 atom stereocenters. The van der Waals surface area contributed by atoms with Crippen LogP contribution in [0.4, 0.5) is 5.69 Å². The Morgan fingerprint density at radius 3 is 2.48 bits per heavy atom. The first kappa shape index (κ1) is 15.4. The average Bonchev–Trinajstić information content (AvgIpc) is 2.83. The molecule has 0 unspecified atom stereocenters. The minimum absolute atomic E-state index is 0.0380. The fourth-order valence-corrected chi connectivity index (χ4v) is 2.74. The molecule has 1 N–H and O–H groups in total. The Balaban J connectivity index is 1.95. The number of nitrogens with zero attached hydrogens (tertiary/aromatic N) is 2. The van der Waals surface area contributed by atoms with Gasteiger partial charge in [0.1, 0.15) is 5.75 Å². The van der Waals surface area contributed by atoms with Crippen molar-refractivity contribution in [3.8, 4) is 11.4 Å². The van der Waals surface area contributed by atoms with E-state index in [1.54, 1.807) is 18.2 Å². The summed E-state index contributed by atoms with van der Waals surface area (Å²) in [7, 11) is 0. The Hall–Kier alpha value is -2.52. The monoisotopic (exact) mass is 324 g/mol. The molecule has 0 saturated heterocycles. The van der Waals surface area contributed by atoms with E-state index in [-0.39, 0.29) is 5.75 Å². The molecule has 0 aliphatic heterocycles. The Morgan fingerprint density at radius 2 is 1.78 bits per heavy atom. The number of aromatic hydroxyl groups is 1. The van der Waals surface area contributed by atoms with Crippen molar-refractivity contribution in [1.29, 1.82) is 0 Å². The topological polar surface area (TPSA) is 37.5 Å². The van der Waals surface area contributed by atoms with Crippen LogP contribution in [0.5, 0.6) is 5.75 Å². The van der Waals surface area contributed by atoms with Crippen LogP contribution in [0.2, 0.25) is 5.02 Å². The van der Waals surface area contributed by atoms with E-state index in [4.69, 9.17) is 11.6 Å². The highest BCUT2D eigenvalue weighted by Crippen LogP contribution is 2.28. The predicted molar refractivity (Wildman–Crippen MR) is 95.6 cm³/mol. The third-order valence-corrected chi connectivity index (χ3v) is 4.09. The number of rotatable bonds is 3. The van der Waals surface area contributed by atoms with Crippen LogP contribution in [-0.4, -0.2) is 15.9 Å². The molecule has 116 valence electrons. The number of para-hydroxylation sites is 1. The van der Waals surface area contributed by atoms with Crippen LogP contribution >= 0.6 is 11.6 Å². The van der Waals surface area contributed by atoms with E-state index in [1.165, 1.54) is 0 Å². The summed E-state index contributed by atoms with van der Waals surface area (Å²) in [6, 6.07) is 17.3. The molecule has 2 aromatic carbocycles. The minimum Gasteiger partial charge on any atom is -0.506 e. The third-order valence-electron chi connectivity index (χ3n) is 3.77. The molecule has 1 heterocycles. The van der Waals surface area contributed by atoms with Gasteiger partial charge in [0.15, 0.2) is 0 Å². The van der Waals surface area contributed by atoms with Crippen molar-refractivity contribution < 1.29 is 5.11 Å². The fourth-order valence-electron chi connectivity index (χ4n) is 2.62. The van der Waals surface area contributed by atoms with Gasteiger partial charge in [0.25, 0.3) is 0 Å². The number of aliphatic imine (C=N–C) groups is 1. The Kier molecular flexibility index (Phi) is 4.22. The molecular formula is C19H17ClN2O. The van der Waals surface area contributed by atoms with Crippen LogP contribution in [0.3, 0.4) is 0 Å². The van der Waals surface area contributed by atoms with E-state index in [0.29, 0.717) is 10.7 Å². The molecule has 1 aromatic heterocycles. The molecule has 0 aliphatic carbocycles. The largest absolute Gasteiger partial charge is 0.506 e. The van der Waals surface area contributed by atoms with E-state index in [2.05, 4.69) is 41.6 Å². The molecule has 0 fully saturated rings. The van der Waals surface area contributed by atoms with Crippen LogP contribution in [0.25, 0.3) is 5.69 Å². The van der Waals surface area contributed by atoms with Crippen LogP contribution in [0.15, 0.2) is 59.6 Å². The predicted octanol–water partition coefficient (Wildman–Crippen LogP) is 5.20. The van der Waals surface area contributed by atoms with Gasteiger partial charge in [-0.3, -0.25) is 4.99 Å². The van der Waals surface area contributed by atoms with Crippen LogP contribution in [-0.2, 0) is 0 Å². The second-order valence-corrected chi connectivity index (χ2v) is 5.80. The molecule has 3 aromatic rings. The molecule has 0 spiro atoms. The van der Waals surface area contributed by atoms with E-state index in [9.17, 15) is 5.11 Å². The first-order valence-corrected chi connectivity index (χ1v) is 7.71. The lowest BCUT2D eigenvalue weighted by atomic mass is 10.2.